The van der Waals surface area contributed by atoms with Crippen molar-refractivity contribution in [1.29, 1.82) is 0 Å². The van der Waals surface area contributed by atoms with E-state index in [0.29, 0.717) is 5.56 Å². The number of benzene rings is 6. The van der Waals surface area contributed by atoms with Crippen molar-refractivity contribution in [2.75, 3.05) is 0 Å². The van der Waals surface area contributed by atoms with Crippen LogP contribution < -0.4 is 4.40 Å². The third-order valence-corrected chi connectivity index (χ3v) is 17.2. The van der Waals surface area contributed by atoms with Gasteiger partial charge in [-0.15, -0.1) is 18.2 Å². The molecule has 0 saturated carbocycles. The fourth-order valence-electron chi connectivity index (χ4n) is 9.24. The van der Waals surface area contributed by atoms with Crippen LogP contribution in [-0.2, 0) is 25.5 Å². The summed E-state index contributed by atoms with van der Waals surface area (Å²) < 4.78 is 32.9. The van der Waals surface area contributed by atoms with E-state index < -0.39 is 20.1 Å². The summed E-state index contributed by atoms with van der Waals surface area (Å²) in [5.74, 6) is 8.51. The molecule has 1 radical (unpaired) electrons. The summed E-state index contributed by atoms with van der Waals surface area (Å²) in [6, 6.07) is 56.2. The molecule has 10 rings (SSSR count). The first-order chi connectivity index (χ1) is 33.3. The Morgan fingerprint density at radius 1 is 0.721 bits per heavy atom. The van der Waals surface area contributed by atoms with E-state index in [1.807, 2.05) is 49.5 Å². The van der Waals surface area contributed by atoms with Crippen LogP contribution >= 0.6 is 0 Å². The number of rotatable bonds is 9. The van der Waals surface area contributed by atoms with Gasteiger partial charge in [0, 0.05) is 36.9 Å². The molecule has 10 aromatic rings. The zero-order chi connectivity index (χ0) is 49.7. The molecular weight excluding hydrogens is 1070 g/mol. The SMILES string of the molecule is Cc1ccc2c(n1)nc(-c1[c-]ccc3c1oc1ccccc13)n2-c1c(C(C)C)cc(-c2ccccc2)cc1C(C)C.[2H]C([2H])([2H])c1c[c-]c(-c2cc(C(C)(C)c3ccccc3)[c]([Ge]([CH3])([CH3])[CH3])cn2)cc1.[Ir]. The maximum atomic E-state index is 7.56. The Hall–Kier alpha value is -5.92. The van der Waals surface area contributed by atoms with Crippen molar-refractivity contribution in [3.05, 3.63) is 197 Å². The molecule has 0 aliphatic carbocycles. The van der Waals surface area contributed by atoms with Gasteiger partial charge in [0.05, 0.1) is 16.9 Å². The van der Waals surface area contributed by atoms with E-state index in [0.717, 1.165) is 61.4 Å². The smallest absolute Gasteiger partial charge is 0 e. The van der Waals surface area contributed by atoms with Gasteiger partial charge in [0.2, 0.25) is 0 Å². The predicted molar refractivity (Wildman–Crippen MR) is 284 cm³/mol. The molecule has 0 saturated heterocycles. The van der Waals surface area contributed by atoms with E-state index in [-0.39, 0.29) is 37.4 Å². The Kier molecular flexibility index (Phi) is 12.8. The Labute approximate surface area is 423 Å². The van der Waals surface area contributed by atoms with Gasteiger partial charge in [-0.3, -0.25) is 4.98 Å². The minimum Gasteiger partial charge on any atom is 0 e. The van der Waals surface area contributed by atoms with Crippen LogP contribution in [0.25, 0.3) is 72.6 Å². The van der Waals surface area contributed by atoms with E-state index in [9.17, 15) is 0 Å². The van der Waals surface area contributed by atoms with Crippen LogP contribution in [0.15, 0.2) is 156 Å². The Balaban J connectivity index is 0.000000200. The average Bonchev–Trinajstić information content (AvgIpc) is 3.92. The maximum Gasteiger partial charge on any atom is 0 e. The van der Waals surface area contributed by atoms with E-state index in [4.69, 9.17) is 23.5 Å². The molecule has 0 unspecified atom stereocenters. The van der Waals surface area contributed by atoms with Crippen molar-refractivity contribution in [1.82, 2.24) is 19.5 Å². The van der Waals surface area contributed by atoms with E-state index in [1.165, 1.54) is 43.5 Å². The summed E-state index contributed by atoms with van der Waals surface area (Å²) in [4.78, 5) is 14.8. The molecule has 7 heteroatoms. The zero-order valence-corrected chi connectivity index (χ0v) is 45.1. The fourth-order valence-corrected chi connectivity index (χ4v) is 12.7. The number of imidazole rings is 1. The van der Waals surface area contributed by atoms with Crippen LogP contribution in [0.2, 0.25) is 17.3 Å². The minimum atomic E-state index is -2.18. The molecule has 0 N–H and O–H groups in total. The molecule has 0 bridgehead atoms. The number of pyridine rings is 2. The predicted octanol–water partition coefficient (Wildman–Crippen LogP) is 15.7. The molecule has 6 aromatic carbocycles. The summed E-state index contributed by atoms with van der Waals surface area (Å²) >= 11 is -2.18. The molecule has 0 aliphatic rings. The maximum absolute atomic E-state index is 7.56. The second-order valence-electron chi connectivity index (χ2n) is 19.8. The second kappa shape index (κ2) is 19.6. The topological polar surface area (TPSA) is 56.7 Å². The summed E-state index contributed by atoms with van der Waals surface area (Å²) in [7, 11) is 0. The minimum absolute atomic E-state index is 0. The monoisotopic (exact) mass is 1130 g/mol. The number of para-hydroxylation sites is 1. The summed E-state index contributed by atoms with van der Waals surface area (Å²) in [5.41, 5.74) is 15.6. The van der Waals surface area contributed by atoms with Crippen molar-refractivity contribution in [2.24, 2.45) is 0 Å². The number of fused-ring (bicyclic) bond motifs is 4. The molecule has 4 aromatic heterocycles. The van der Waals surface area contributed by atoms with Crippen LogP contribution in [-0.4, -0.2) is 32.8 Å². The first-order valence-electron chi connectivity index (χ1n) is 24.8. The Morgan fingerprint density at radius 3 is 2.04 bits per heavy atom. The van der Waals surface area contributed by atoms with E-state index in [1.54, 1.807) is 12.1 Å². The largest absolute Gasteiger partial charge is 0 e. The fraction of sp³-hybridized carbons (Fsp3) is 0.230. The standard InChI is InChI=1S/C37H32N3O.C24H28GeN.Ir/c1-22(2)30-20-26(25-12-7-6-8-13-25)21-31(23(3)4)34(30)40-32-19-18-24(5)38-36(32)39-37(40)29-16-11-15-28-27-14-9-10-17-33(27)41-35(28)29;1-18-12-14-19(15-13-18)23-16-21(22(17-26-23)25(4,5)6)24(2,3)20-10-8-7-9-11-20;/h6-15,17-23H,1-5H3;7-14,16-17H,1-6H3;/q2*-1;/i;1D3;. The summed E-state index contributed by atoms with van der Waals surface area (Å²) in [6.45, 7) is 13.5. The number of hydrogen-bond acceptors (Lipinski definition) is 4. The third-order valence-electron chi connectivity index (χ3n) is 12.9. The summed E-state index contributed by atoms with van der Waals surface area (Å²) in [6.07, 6.45) is 2.04. The van der Waals surface area contributed by atoms with E-state index in [2.05, 4.69) is 173 Å². The van der Waals surface area contributed by atoms with Gasteiger partial charge >= 0.3 is 165 Å². The van der Waals surface area contributed by atoms with Crippen molar-refractivity contribution in [3.63, 3.8) is 0 Å². The molecule has 68 heavy (non-hydrogen) atoms. The van der Waals surface area contributed by atoms with Crippen molar-refractivity contribution < 1.29 is 28.6 Å². The quantitative estimate of drug-likeness (QED) is 0.107. The first kappa shape index (κ1) is 44.6. The normalized spacial score (nSPS) is 12.7. The molecule has 5 nitrogen and oxygen atoms in total. The van der Waals surface area contributed by atoms with Crippen LogP contribution in [0.5, 0.6) is 0 Å². The number of hydrogen-bond donors (Lipinski definition) is 0. The van der Waals surface area contributed by atoms with Crippen molar-refractivity contribution in [2.45, 2.75) is 89.8 Å². The van der Waals surface area contributed by atoms with Crippen LogP contribution in [0.4, 0.5) is 0 Å². The summed E-state index contributed by atoms with van der Waals surface area (Å²) in [5, 5.41) is 2.15. The van der Waals surface area contributed by atoms with Crippen molar-refractivity contribution >= 4 is 50.8 Å². The van der Waals surface area contributed by atoms with Gasteiger partial charge in [0.1, 0.15) is 5.58 Å². The van der Waals surface area contributed by atoms with Gasteiger partial charge in [-0.25, -0.2) is 4.98 Å². The van der Waals surface area contributed by atoms with Crippen LogP contribution in [0.1, 0.15) is 91.0 Å². The van der Waals surface area contributed by atoms with Crippen LogP contribution in [0.3, 0.4) is 0 Å². The van der Waals surface area contributed by atoms with Gasteiger partial charge in [-0.05, 0) is 71.3 Å². The molecule has 0 atom stereocenters. The van der Waals surface area contributed by atoms with Gasteiger partial charge in [0.15, 0.2) is 5.65 Å². The number of aryl methyl sites for hydroxylation is 2. The second-order valence-corrected chi connectivity index (χ2v) is 30.4. The molecule has 0 spiro atoms. The Bertz CT molecular complexity index is 3470. The van der Waals surface area contributed by atoms with E-state index >= 15 is 0 Å². The molecule has 345 valence electrons. The number of nitrogens with zero attached hydrogens (tertiary/aromatic N) is 4. The molecular formula is C61H60GeIrN4O-2. The Morgan fingerprint density at radius 2 is 1.40 bits per heavy atom. The van der Waals surface area contributed by atoms with Crippen LogP contribution in [0, 0.1) is 25.9 Å². The number of aromatic nitrogens is 4. The molecule has 4 heterocycles. The van der Waals surface area contributed by atoms with Crippen molar-refractivity contribution in [3.8, 4) is 39.5 Å². The van der Waals surface area contributed by atoms with Gasteiger partial charge in [-0.2, -0.15) is 0 Å². The van der Waals surface area contributed by atoms with Gasteiger partial charge in [0.25, 0.3) is 0 Å². The zero-order valence-electron chi connectivity index (χ0n) is 43.6. The molecule has 0 aliphatic heterocycles. The third kappa shape index (κ3) is 9.44. The van der Waals surface area contributed by atoms with Gasteiger partial charge < -0.3 is 8.98 Å². The molecule has 0 fully saturated rings. The van der Waals surface area contributed by atoms with Gasteiger partial charge in [-0.1, -0.05) is 87.2 Å². The average molecular weight is 1130 g/mol. The molecule has 0 amide bonds. The number of furan rings is 1. The first-order valence-corrected chi connectivity index (χ1v) is 30.7.